The van der Waals surface area contributed by atoms with Gasteiger partial charge in [0.2, 0.25) is 0 Å². The topological polar surface area (TPSA) is 71.4 Å². The molecular formula is C28H23N3S4. The molecule has 7 heteroatoms. The van der Waals surface area contributed by atoms with Crippen LogP contribution in [0.3, 0.4) is 0 Å². The van der Waals surface area contributed by atoms with Crippen molar-refractivity contribution in [3.05, 3.63) is 87.5 Å². The Morgan fingerprint density at radius 3 is 1.23 bits per heavy atom. The monoisotopic (exact) mass is 529 g/mol. The maximum Gasteiger partial charge on any atom is 0.0625 e. The predicted molar refractivity (Wildman–Crippen MR) is 149 cm³/mol. The van der Waals surface area contributed by atoms with Gasteiger partial charge in [-0.3, -0.25) is 0 Å². The zero-order valence-corrected chi connectivity index (χ0v) is 22.6. The van der Waals surface area contributed by atoms with E-state index in [1.807, 2.05) is 0 Å². The van der Waals surface area contributed by atoms with Gasteiger partial charge in [0, 0.05) is 49.9 Å². The van der Waals surface area contributed by atoms with Crippen LogP contribution >= 0.6 is 45.3 Å². The maximum absolute atomic E-state index is 9.05. The van der Waals surface area contributed by atoms with Gasteiger partial charge in [-0.15, -0.1) is 45.3 Å². The van der Waals surface area contributed by atoms with Crippen LogP contribution in [0.5, 0.6) is 0 Å². The minimum atomic E-state index is 0.511. The van der Waals surface area contributed by atoms with E-state index in [0.29, 0.717) is 19.3 Å². The highest BCUT2D eigenvalue weighted by Crippen LogP contribution is 2.44. The summed E-state index contributed by atoms with van der Waals surface area (Å²) in [6.45, 7) is 2.13. The van der Waals surface area contributed by atoms with Gasteiger partial charge in [0.15, 0.2) is 0 Å². The summed E-state index contributed by atoms with van der Waals surface area (Å²) in [6, 6.07) is 15.7. The van der Waals surface area contributed by atoms with E-state index in [9.17, 15) is 0 Å². The van der Waals surface area contributed by atoms with Crippen LogP contribution in [0.4, 0.5) is 0 Å². The lowest BCUT2D eigenvalue weighted by Gasteiger charge is -2.12. The van der Waals surface area contributed by atoms with E-state index in [0.717, 1.165) is 19.3 Å². The fourth-order valence-electron chi connectivity index (χ4n) is 3.81. The Morgan fingerprint density at radius 1 is 0.571 bits per heavy atom. The van der Waals surface area contributed by atoms with E-state index in [1.54, 1.807) is 45.3 Å². The molecule has 0 aliphatic heterocycles. The highest BCUT2D eigenvalue weighted by Gasteiger charge is 2.22. The summed E-state index contributed by atoms with van der Waals surface area (Å²) in [5.41, 5.74) is 7.24. The van der Waals surface area contributed by atoms with E-state index in [1.165, 1.54) is 52.9 Å². The van der Waals surface area contributed by atoms with Crippen LogP contribution in [0.25, 0.3) is 11.1 Å². The Balaban J connectivity index is 1.92. The molecule has 0 N–H and O–H groups in total. The first kappa shape index (κ1) is 25.1. The molecule has 0 aromatic carbocycles. The first-order valence-electron chi connectivity index (χ1n) is 11.3. The molecule has 0 atom stereocenters. The summed E-state index contributed by atoms with van der Waals surface area (Å²) in [5, 5.41) is 35.8. The lowest BCUT2D eigenvalue weighted by molar-refractivity contribution is 1.02. The normalized spacial score (nSPS) is 10.5. The Labute approximate surface area is 222 Å². The van der Waals surface area contributed by atoms with Crippen LogP contribution in [0.2, 0.25) is 0 Å². The van der Waals surface area contributed by atoms with Gasteiger partial charge in [0.05, 0.1) is 18.2 Å². The quantitative estimate of drug-likeness (QED) is 0.206. The second-order valence-electron chi connectivity index (χ2n) is 8.17. The molecule has 174 valence electrons. The molecule has 4 heterocycles. The molecule has 0 saturated carbocycles. The van der Waals surface area contributed by atoms with E-state index in [2.05, 4.69) is 70.9 Å². The van der Waals surface area contributed by atoms with Crippen LogP contribution < -0.4 is 0 Å². The third-order valence-electron chi connectivity index (χ3n) is 5.50. The lowest BCUT2D eigenvalue weighted by atomic mass is 9.99. The van der Waals surface area contributed by atoms with Crippen molar-refractivity contribution in [1.82, 2.24) is 0 Å². The molecule has 0 radical (unpaired) electrons. The van der Waals surface area contributed by atoms with Crippen LogP contribution in [0.15, 0.2) is 45.8 Å². The molecule has 4 aromatic heterocycles. The highest BCUT2D eigenvalue weighted by atomic mass is 32.1. The van der Waals surface area contributed by atoms with Crippen molar-refractivity contribution in [3.8, 4) is 18.2 Å². The van der Waals surface area contributed by atoms with Gasteiger partial charge >= 0.3 is 0 Å². The Hall–Kier alpha value is -2.99. The van der Waals surface area contributed by atoms with Crippen molar-refractivity contribution in [2.45, 2.75) is 45.4 Å². The summed E-state index contributed by atoms with van der Waals surface area (Å²) >= 11 is 6.95. The summed E-state index contributed by atoms with van der Waals surface area (Å²) in [7, 11) is 0. The number of rotatable bonds is 10. The minimum absolute atomic E-state index is 0.511. The Morgan fingerprint density at radius 2 is 0.914 bits per heavy atom. The van der Waals surface area contributed by atoms with Gasteiger partial charge in [-0.05, 0) is 94.2 Å². The zero-order chi connectivity index (χ0) is 24.6. The van der Waals surface area contributed by atoms with E-state index < -0.39 is 0 Å². The van der Waals surface area contributed by atoms with Crippen LogP contribution in [-0.2, 0) is 19.3 Å². The largest absolute Gasteiger partial charge is 0.198 e. The fourth-order valence-corrected chi connectivity index (χ4v) is 7.95. The molecule has 35 heavy (non-hydrogen) atoms. The average Bonchev–Trinajstić information content (AvgIpc) is 3.66. The summed E-state index contributed by atoms with van der Waals surface area (Å²) in [5.74, 6) is 0. The Kier molecular flexibility index (Phi) is 8.69. The predicted octanol–water partition coefficient (Wildman–Crippen LogP) is 8.62. The molecule has 0 amide bonds. The molecule has 0 unspecified atom stereocenters. The number of hydrogen-bond donors (Lipinski definition) is 0. The van der Waals surface area contributed by atoms with Crippen LogP contribution in [0, 0.1) is 40.9 Å². The number of nitrogens with zero attached hydrogens (tertiary/aromatic N) is 3. The van der Waals surface area contributed by atoms with Gasteiger partial charge in [-0.1, -0.05) is 0 Å². The number of hydrogen-bond acceptors (Lipinski definition) is 7. The molecule has 0 aliphatic rings. The van der Waals surface area contributed by atoms with Gasteiger partial charge in [0.25, 0.3) is 0 Å². The molecule has 0 fully saturated rings. The SMILES string of the molecule is Cc1csc(C(=C(c2cc(CCC#N)cs2)c2cc(CCC#N)cs2)c2cc(CCC#N)cs2)c1. The summed E-state index contributed by atoms with van der Waals surface area (Å²) < 4.78 is 0. The van der Waals surface area contributed by atoms with Crippen molar-refractivity contribution in [1.29, 1.82) is 15.8 Å². The number of aryl methyl sites for hydroxylation is 4. The van der Waals surface area contributed by atoms with E-state index in [-0.39, 0.29) is 0 Å². The number of nitriles is 3. The molecule has 0 aliphatic carbocycles. The molecule has 0 spiro atoms. The second kappa shape index (κ2) is 12.1. The summed E-state index contributed by atoms with van der Waals surface area (Å²) in [6.07, 6.45) is 3.80. The highest BCUT2D eigenvalue weighted by molar-refractivity contribution is 7.16. The smallest absolute Gasteiger partial charge is 0.0625 e. The van der Waals surface area contributed by atoms with Gasteiger partial charge in [-0.2, -0.15) is 15.8 Å². The van der Waals surface area contributed by atoms with Crippen molar-refractivity contribution < 1.29 is 0 Å². The van der Waals surface area contributed by atoms with Gasteiger partial charge < -0.3 is 0 Å². The fraction of sp³-hybridized carbons (Fsp3) is 0.250. The molecule has 3 nitrogen and oxygen atoms in total. The number of thiophene rings is 4. The maximum atomic E-state index is 9.05. The van der Waals surface area contributed by atoms with E-state index in [4.69, 9.17) is 15.8 Å². The van der Waals surface area contributed by atoms with Gasteiger partial charge in [-0.25, -0.2) is 0 Å². The lowest BCUT2D eigenvalue weighted by Crippen LogP contribution is -1.91. The molecule has 4 aromatic rings. The van der Waals surface area contributed by atoms with Crippen molar-refractivity contribution in [2.75, 3.05) is 0 Å². The third kappa shape index (κ3) is 6.17. The molecule has 0 saturated heterocycles. The average molecular weight is 530 g/mol. The first-order valence-corrected chi connectivity index (χ1v) is 14.8. The van der Waals surface area contributed by atoms with Crippen molar-refractivity contribution >= 4 is 56.5 Å². The van der Waals surface area contributed by atoms with E-state index >= 15 is 0 Å². The van der Waals surface area contributed by atoms with Gasteiger partial charge in [0.1, 0.15) is 0 Å². The second-order valence-corrected chi connectivity index (χ2v) is 11.8. The van der Waals surface area contributed by atoms with Crippen LogP contribution in [0.1, 0.15) is 61.0 Å². The molecule has 4 rings (SSSR count). The first-order chi connectivity index (χ1) is 17.1. The molecular weight excluding hydrogens is 507 g/mol. The zero-order valence-electron chi connectivity index (χ0n) is 19.3. The summed E-state index contributed by atoms with van der Waals surface area (Å²) in [4.78, 5) is 4.82. The molecule has 0 bridgehead atoms. The Bertz CT molecular complexity index is 1400. The van der Waals surface area contributed by atoms with Crippen molar-refractivity contribution in [3.63, 3.8) is 0 Å². The minimum Gasteiger partial charge on any atom is -0.198 e. The standard InChI is InChI=1S/C28H23N3S4/c1-19-11-23(32-15-19)27(24-12-20(16-33-24)5-2-8-29)28(25-13-21(17-34-25)6-3-9-30)26-14-22(18-35-26)7-4-10-31/h11-18H,2-7H2,1H3. The van der Waals surface area contributed by atoms with Crippen molar-refractivity contribution in [2.24, 2.45) is 0 Å². The third-order valence-corrected chi connectivity index (χ3v) is 9.56. The van der Waals surface area contributed by atoms with Crippen LogP contribution in [-0.4, -0.2) is 0 Å².